The minimum absolute atomic E-state index is 0.00407. The van der Waals surface area contributed by atoms with Crippen molar-refractivity contribution >= 4 is 41.0 Å². The number of rotatable bonds is 12. The SMILES string of the molecule is CCCC(NC(=O)C1C2C(CN1C(=O)C(NC(=O)Nc1ccc(C(=O)CC)cc1)C1CCCCC1)C2(C)C)C(=O)C(N)=O. The Kier molecular flexibility index (Phi) is 9.92. The molecule has 0 radical (unpaired) electrons. The Balaban J connectivity index is 1.54. The Hall–Kier alpha value is -3.76. The smallest absolute Gasteiger partial charge is 0.319 e. The van der Waals surface area contributed by atoms with Gasteiger partial charge in [0.1, 0.15) is 12.1 Å². The van der Waals surface area contributed by atoms with E-state index in [1.165, 1.54) is 0 Å². The van der Waals surface area contributed by atoms with Gasteiger partial charge in [0.15, 0.2) is 5.78 Å². The molecule has 4 rings (SSSR count). The lowest BCUT2D eigenvalue weighted by atomic mass is 9.83. The van der Waals surface area contributed by atoms with Gasteiger partial charge >= 0.3 is 6.03 Å². The molecule has 5 amide bonds. The molecule has 0 bridgehead atoms. The molecule has 2 aliphatic carbocycles. The van der Waals surface area contributed by atoms with E-state index in [2.05, 4.69) is 29.8 Å². The number of primary amides is 1. The first-order valence-corrected chi connectivity index (χ1v) is 15.6. The molecule has 1 aromatic rings. The van der Waals surface area contributed by atoms with Gasteiger partial charge in [-0.3, -0.25) is 24.0 Å². The average molecular weight is 596 g/mol. The summed E-state index contributed by atoms with van der Waals surface area (Å²) in [5, 5.41) is 8.41. The van der Waals surface area contributed by atoms with Crippen molar-refractivity contribution in [3.05, 3.63) is 29.8 Å². The molecule has 5 N–H and O–H groups in total. The van der Waals surface area contributed by atoms with Gasteiger partial charge in [-0.05, 0) is 66.7 Å². The highest BCUT2D eigenvalue weighted by molar-refractivity contribution is 6.37. The van der Waals surface area contributed by atoms with Gasteiger partial charge in [0.05, 0.1) is 6.04 Å². The summed E-state index contributed by atoms with van der Waals surface area (Å²) in [5.41, 5.74) is 6.12. The van der Waals surface area contributed by atoms with Crippen LogP contribution in [0.4, 0.5) is 10.5 Å². The van der Waals surface area contributed by atoms with Crippen LogP contribution in [0.1, 0.15) is 89.4 Å². The van der Waals surface area contributed by atoms with Crippen molar-refractivity contribution in [1.29, 1.82) is 0 Å². The number of nitrogens with two attached hydrogens (primary N) is 1. The van der Waals surface area contributed by atoms with E-state index in [0.29, 0.717) is 30.6 Å². The van der Waals surface area contributed by atoms with Gasteiger partial charge in [-0.2, -0.15) is 0 Å². The molecule has 1 aliphatic heterocycles. The maximum Gasteiger partial charge on any atom is 0.319 e. The van der Waals surface area contributed by atoms with Crippen LogP contribution < -0.4 is 21.7 Å². The van der Waals surface area contributed by atoms with Crippen LogP contribution >= 0.6 is 0 Å². The second kappa shape index (κ2) is 13.3. The Morgan fingerprint density at radius 1 is 0.977 bits per heavy atom. The summed E-state index contributed by atoms with van der Waals surface area (Å²) < 4.78 is 0. The number of Topliss-reactive ketones (excluding diaryl/α,β-unsaturated/α-hetero) is 2. The first-order valence-electron chi connectivity index (χ1n) is 15.6. The van der Waals surface area contributed by atoms with E-state index in [4.69, 9.17) is 5.73 Å². The monoisotopic (exact) mass is 595 g/mol. The van der Waals surface area contributed by atoms with Crippen LogP contribution in [0.15, 0.2) is 24.3 Å². The van der Waals surface area contributed by atoms with Gasteiger partial charge in [-0.1, -0.05) is 53.4 Å². The molecule has 2 saturated carbocycles. The first kappa shape index (κ1) is 32.2. The lowest BCUT2D eigenvalue weighted by Crippen LogP contribution is -2.59. The van der Waals surface area contributed by atoms with Crippen molar-refractivity contribution in [2.24, 2.45) is 28.9 Å². The summed E-state index contributed by atoms with van der Waals surface area (Å²) in [5.74, 6) is -2.85. The second-order valence-electron chi connectivity index (χ2n) is 12.8. The second-order valence-corrected chi connectivity index (χ2v) is 12.8. The number of carbonyl (C=O) groups is 6. The number of carbonyl (C=O) groups excluding carboxylic acids is 6. The number of fused-ring (bicyclic) bond motifs is 1. The molecule has 1 saturated heterocycles. The highest BCUT2D eigenvalue weighted by atomic mass is 16.2. The van der Waals surface area contributed by atoms with E-state index < -0.39 is 41.8 Å². The van der Waals surface area contributed by atoms with E-state index in [0.717, 1.165) is 32.1 Å². The summed E-state index contributed by atoms with van der Waals surface area (Å²) in [6.07, 6.45) is 5.70. The molecule has 234 valence electrons. The van der Waals surface area contributed by atoms with Crippen molar-refractivity contribution in [1.82, 2.24) is 15.5 Å². The zero-order valence-electron chi connectivity index (χ0n) is 25.6. The Morgan fingerprint density at radius 3 is 2.21 bits per heavy atom. The van der Waals surface area contributed by atoms with Crippen molar-refractivity contribution in [3.63, 3.8) is 0 Å². The third-order valence-electron chi connectivity index (χ3n) is 9.67. The molecule has 5 atom stereocenters. The molecule has 43 heavy (non-hydrogen) atoms. The quantitative estimate of drug-likeness (QED) is 0.214. The fourth-order valence-corrected chi connectivity index (χ4v) is 7.08. The van der Waals surface area contributed by atoms with Crippen LogP contribution in [0.5, 0.6) is 0 Å². The highest BCUT2D eigenvalue weighted by Crippen LogP contribution is 2.65. The fourth-order valence-electron chi connectivity index (χ4n) is 7.08. The van der Waals surface area contributed by atoms with Crippen LogP contribution in [-0.4, -0.2) is 64.9 Å². The van der Waals surface area contributed by atoms with E-state index >= 15 is 0 Å². The van der Waals surface area contributed by atoms with Crippen LogP contribution in [0.25, 0.3) is 0 Å². The standard InChI is InChI=1S/C32H45N5O6/c1-5-10-22(27(39)28(33)40)35-29(41)26-24-21(32(24,3)4)17-37(26)30(42)25(19-11-8-7-9-12-19)36-31(43)34-20-15-13-18(14-16-20)23(38)6-2/h13-16,19,21-22,24-26H,5-12,17H2,1-4H3,(H2,33,40)(H,35,41)(H2,34,36,43). The number of likely N-dealkylation sites (tertiary alicyclic amines) is 1. The maximum absolute atomic E-state index is 14.3. The number of ketones is 2. The van der Waals surface area contributed by atoms with Crippen LogP contribution in [0, 0.1) is 23.2 Å². The predicted molar refractivity (Wildman–Crippen MR) is 161 cm³/mol. The van der Waals surface area contributed by atoms with Gasteiger partial charge in [0, 0.05) is 24.2 Å². The largest absolute Gasteiger partial charge is 0.363 e. The zero-order valence-corrected chi connectivity index (χ0v) is 25.6. The summed E-state index contributed by atoms with van der Waals surface area (Å²) >= 11 is 0. The number of amides is 5. The van der Waals surface area contributed by atoms with Gasteiger partial charge in [-0.25, -0.2) is 4.79 Å². The molecule has 3 fully saturated rings. The minimum Gasteiger partial charge on any atom is -0.363 e. The van der Waals surface area contributed by atoms with Crippen LogP contribution in [0.3, 0.4) is 0 Å². The average Bonchev–Trinajstić information content (AvgIpc) is 3.30. The number of piperidine rings is 1. The van der Waals surface area contributed by atoms with Gasteiger partial charge in [0.25, 0.3) is 5.91 Å². The summed E-state index contributed by atoms with van der Waals surface area (Å²) in [7, 11) is 0. The molecular formula is C32H45N5O6. The van der Waals surface area contributed by atoms with E-state index in [1.54, 1.807) is 36.1 Å². The summed E-state index contributed by atoms with van der Waals surface area (Å²) in [4.78, 5) is 78.7. The number of hydrogen-bond donors (Lipinski definition) is 4. The van der Waals surface area contributed by atoms with E-state index in [1.807, 2.05) is 6.92 Å². The van der Waals surface area contributed by atoms with E-state index in [9.17, 15) is 28.8 Å². The molecule has 11 heteroatoms. The summed E-state index contributed by atoms with van der Waals surface area (Å²) in [6, 6.07) is 3.35. The molecule has 0 spiro atoms. The molecular weight excluding hydrogens is 550 g/mol. The lowest BCUT2D eigenvalue weighted by Gasteiger charge is -2.37. The van der Waals surface area contributed by atoms with Crippen molar-refractivity contribution in [2.75, 3.05) is 11.9 Å². The number of urea groups is 1. The van der Waals surface area contributed by atoms with Crippen molar-refractivity contribution in [3.8, 4) is 0 Å². The molecule has 1 aromatic carbocycles. The third-order valence-corrected chi connectivity index (χ3v) is 9.67. The number of hydrogen-bond acceptors (Lipinski definition) is 6. The minimum atomic E-state index is -1.11. The number of benzene rings is 1. The Bertz CT molecular complexity index is 1260. The number of nitrogens with zero attached hydrogens (tertiary/aromatic N) is 1. The molecule has 5 unspecified atom stereocenters. The van der Waals surface area contributed by atoms with Gasteiger partial charge in [-0.15, -0.1) is 0 Å². The predicted octanol–water partition coefficient (Wildman–Crippen LogP) is 3.17. The van der Waals surface area contributed by atoms with Crippen LogP contribution in [0.2, 0.25) is 0 Å². The topological polar surface area (TPSA) is 168 Å². The third kappa shape index (κ3) is 6.91. The molecule has 1 heterocycles. The normalized spacial score (nSPS) is 23.8. The first-order chi connectivity index (χ1) is 20.4. The van der Waals surface area contributed by atoms with Crippen molar-refractivity contribution in [2.45, 2.75) is 97.2 Å². The number of anilines is 1. The van der Waals surface area contributed by atoms with Gasteiger partial charge in [0.2, 0.25) is 17.6 Å². The number of nitrogens with one attached hydrogen (secondary N) is 3. The molecule has 3 aliphatic rings. The summed E-state index contributed by atoms with van der Waals surface area (Å²) in [6.45, 7) is 8.12. The Labute approximate surface area is 253 Å². The van der Waals surface area contributed by atoms with Crippen LogP contribution in [-0.2, 0) is 19.2 Å². The lowest BCUT2D eigenvalue weighted by molar-refractivity contribution is -0.144. The molecule has 0 aromatic heterocycles. The van der Waals surface area contributed by atoms with E-state index in [-0.39, 0.29) is 41.3 Å². The Morgan fingerprint density at radius 2 is 1.63 bits per heavy atom. The molecule has 11 nitrogen and oxygen atoms in total. The highest BCUT2D eigenvalue weighted by Gasteiger charge is 2.69. The zero-order chi connectivity index (χ0) is 31.5. The fraction of sp³-hybridized carbons (Fsp3) is 0.625. The van der Waals surface area contributed by atoms with Gasteiger partial charge < -0.3 is 26.6 Å². The van der Waals surface area contributed by atoms with Crippen molar-refractivity contribution < 1.29 is 28.8 Å². The maximum atomic E-state index is 14.3.